The standard InChI is InChI=1S/C13H20ClNO/c1-10-5-6-12(16-4)11(7-10)13(2,3)8-15-9-14/h5-7,15H,8-9H2,1-4H3. The van der Waals surface area contributed by atoms with E-state index in [-0.39, 0.29) is 5.41 Å². The SMILES string of the molecule is COc1ccc(C)cc1C(C)(C)CNCCl. The predicted octanol–water partition coefficient (Wildman–Crippen LogP) is 3.07. The Morgan fingerprint density at radius 3 is 2.62 bits per heavy atom. The molecule has 0 saturated heterocycles. The summed E-state index contributed by atoms with van der Waals surface area (Å²) in [6, 6.07) is 6.73. The first-order valence-electron chi connectivity index (χ1n) is 5.43. The minimum absolute atomic E-state index is 0.00620. The van der Waals surface area contributed by atoms with E-state index >= 15 is 0 Å². The Balaban J connectivity index is 3.04. The third-order valence-electron chi connectivity index (χ3n) is 2.75. The highest BCUT2D eigenvalue weighted by Crippen LogP contribution is 2.31. The Kier molecular flexibility index (Phi) is 4.63. The van der Waals surface area contributed by atoms with Gasteiger partial charge in [0.25, 0.3) is 0 Å². The summed E-state index contributed by atoms with van der Waals surface area (Å²) in [5.74, 6) is 0.937. The molecular formula is C13H20ClNO. The maximum atomic E-state index is 5.66. The van der Waals surface area contributed by atoms with Crippen LogP contribution in [0.5, 0.6) is 5.75 Å². The van der Waals surface area contributed by atoms with Crippen molar-refractivity contribution in [1.82, 2.24) is 5.32 Å². The van der Waals surface area contributed by atoms with Crippen LogP contribution in [0.2, 0.25) is 0 Å². The fourth-order valence-electron chi connectivity index (χ4n) is 1.81. The molecule has 0 atom stereocenters. The molecule has 1 rings (SSSR count). The zero-order valence-corrected chi connectivity index (χ0v) is 11.2. The number of aryl methyl sites for hydroxylation is 1. The molecule has 0 spiro atoms. The van der Waals surface area contributed by atoms with Gasteiger partial charge in [-0.3, -0.25) is 0 Å². The second kappa shape index (κ2) is 5.55. The number of ether oxygens (including phenoxy) is 1. The van der Waals surface area contributed by atoms with Crippen molar-refractivity contribution in [3.05, 3.63) is 29.3 Å². The second-order valence-corrected chi connectivity index (χ2v) is 4.92. The molecule has 0 aromatic heterocycles. The Labute approximate surface area is 103 Å². The van der Waals surface area contributed by atoms with Gasteiger partial charge in [0.05, 0.1) is 13.1 Å². The van der Waals surface area contributed by atoms with Crippen molar-refractivity contribution < 1.29 is 4.74 Å². The normalized spacial score (nSPS) is 11.6. The summed E-state index contributed by atoms with van der Waals surface area (Å²) in [6.07, 6.45) is 0. The molecule has 0 unspecified atom stereocenters. The third kappa shape index (κ3) is 3.13. The van der Waals surface area contributed by atoms with E-state index in [1.807, 2.05) is 6.07 Å². The molecule has 0 aliphatic heterocycles. The lowest BCUT2D eigenvalue weighted by atomic mass is 9.83. The molecule has 0 aliphatic carbocycles. The quantitative estimate of drug-likeness (QED) is 0.632. The Hall–Kier alpha value is -0.730. The molecule has 1 N–H and O–H groups in total. The summed E-state index contributed by atoms with van der Waals surface area (Å²) in [7, 11) is 1.71. The van der Waals surface area contributed by atoms with Crippen LogP contribution in [0.25, 0.3) is 0 Å². The van der Waals surface area contributed by atoms with E-state index in [0.29, 0.717) is 6.00 Å². The zero-order valence-electron chi connectivity index (χ0n) is 10.4. The summed E-state index contributed by atoms with van der Waals surface area (Å²) in [5.41, 5.74) is 2.47. The second-order valence-electron chi connectivity index (χ2n) is 4.65. The van der Waals surface area contributed by atoms with E-state index < -0.39 is 0 Å². The van der Waals surface area contributed by atoms with Crippen LogP contribution in [0.15, 0.2) is 18.2 Å². The Morgan fingerprint density at radius 2 is 2.06 bits per heavy atom. The average Bonchev–Trinajstić information content (AvgIpc) is 2.26. The number of methoxy groups -OCH3 is 1. The van der Waals surface area contributed by atoms with Crippen LogP contribution in [-0.2, 0) is 5.41 Å². The van der Waals surface area contributed by atoms with E-state index in [4.69, 9.17) is 16.3 Å². The molecule has 0 amide bonds. The number of hydrogen-bond donors (Lipinski definition) is 1. The number of nitrogens with one attached hydrogen (secondary N) is 1. The van der Waals surface area contributed by atoms with E-state index in [1.165, 1.54) is 11.1 Å². The van der Waals surface area contributed by atoms with Crippen molar-refractivity contribution in [2.45, 2.75) is 26.2 Å². The molecule has 3 heteroatoms. The topological polar surface area (TPSA) is 21.3 Å². The van der Waals surface area contributed by atoms with Gasteiger partial charge in [0.2, 0.25) is 0 Å². The number of benzene rings is 1. The first kappa shape index (κ1) is 13.3. The fraction of sp³-hybridized carbons (Fsp3) is 0.538. The van der Waals surface area contributed by atoms with Crippen molar-refractivity contribution in [1.29, 1.82) is 0 Å². The van der Waals surface area contributed by atoms with Crippen LogP contribution < -0.4 is 10.1 Å². The summed E-state index contributed by atoms with van der Waals surface area (Å²) >= 11 is 5.66. The Bertz CT molecular complexity index is 350. The van der Waals surface area contributed by atoms with Crippen LogP contribution in [0.1, 0.15) is 25.0 Å². The molecule has 90 valence electrons. The molecule has 1 aromatic rings. The molecule has 1 aromatic carbocycles. The minimum Gasteiger partial charge on any atom is -0.496 e. The third-order valence-corrected chi connectivity index (χ3v) is 2.93. The number of rotatable bonds is 5. The van der Waals surface area contributed by atoms with Gasteiger partial charge in [0.15, 0.2) is 0 Å². The van der Waals surface area contributed by atoms with Crippen molar-refractivity contribution >= 4 is 11.6 Å². The van der Waals surface area contributed by atoms with Crippen LogP contribution >= 0.6 is 11.6 Å². The first-order chi connectivity index (χ1) is 7.51. The molecule has 0 bridgehead atoms. The van der Waals surface area contributed by atoms with Gasteiger partial charge < -0.3 is 10.1 Å². The van der Waals surface area contributed by atoms with E-state index in [1.54, 1.807) is 7.11 Å². The van der Waals surface area contributed by atoms with E-state index in [2.05, 4.69) is 38.2 Å². The van der Waals surface area contributed by atoms with E-state index in [0.717, 1.165) is 12.3 Å². The largest absolute Gasteiger partial charge is 0.496 e. The number of halogens is 1. The molecule has 2 nitrogen and oxygen atoms in total. The van der Waals surface area contributed by atoms with Crippen molar-refractivity contribution in [2.24, 2.45) is 0 Å². The van der Waals surface area contributed by atoms with E-state index in [9.17, 15) is 0 Å². The van der Waals surface area contributed by atoms with Gasteiger partial charge in [-0.2, -0.15) is 0 Å². The fourth-order valence-corrected chi connectivity index (χ4v) is 1.90. The van der Waals surface area contributed by atoms with Crippen molar-refractivity contribution in [3.8, 4) is 5.75 Å². The molecule has 0 heterocycles. The maximum absolute atomic E-state index is 5.66. The van der Waals surface area contributed by atoms with Crippen molar-refractivity contribution in [2.75, 3.05) is 19.7 Å². The molecule has 0 saturated carbocycles. The van der Waals surface area contributed by atoms with Gasteiger partial charge in [0.1, 0.15) is 5.75 Å². The average molecular weight is 242 g/mol. The summed E-state index contributed by atoms with van der Waals surface area (Å²) in [6.45, 7) is 7.29. The molecule has 0 fully saturated rings. The lowest BCUT2D eigenvalue weighted by Gasteiger charge is -2.27. The maximum Gasteiger partial charge on any atom is 0.122 e. The highest BCUT2D eigenvalue weighted by Gasteiger charge is 2.23. The summed E-state index contributed by atoms with van der Waals surface area (Å²) in [5, 5.41) is 3.17. The van der Waals surface area contributed by atoms with Crippen molar-refractivity contribution in [3.63, 3.8) is 0 Å². The van der Waals surface area contributed by atoms with Gasteiger partial charge in [-0.1, -0.05) is 31.5 Å². The Morgan fingerprint density at radius 1 is 1.38 bits per heavy atom. The first-order valence-corrected chi connectivity index (χ1v) is 5.96. The van der Waals surface area contributed by atoms with Crippen LogP contribution in [0.4, 0.5) is 0 Å². The molecule has 0 aliphatic rings. The summed E-state index contributed by atoms with van der Waals surface area (Å²) < 4.78 is 5.41. The molecule has 16 heavy (non-hydrogen) atoms. The van der Waals surface area contributed by atoms with Gasteiger partial charge in [0, 0.05) is 17.5 Å². The molecule has 0 radical (unpaired) electrons. The number of alkyl halides is 1. The zero-order chi connectivity index (χ0) is 12.2. The minimum atomic E-state index is 0.00620. The van der Waals surface area contributed by atoms with Gasteiger partial charge in [-0.05, 0) is 13.0 Å². The predicted molar refractivity (Wildman–Crippen MR) is 69.5 cm³/mol. The van der Waals surface area contributed by atoms with Gasteiger partial charge in [-0.15, -0.1) is 11.6 Å². The van der Waals surface area contributed by atoms with Crippen LogP contribution in [-0.4, -0.2) is 19.7 Å². The smallest absolute Gasteiger partial charge is 0.122 e. The van der Waals surface area contributed by atoms with Crippen LogP contribution in [0, 0.1) is 6.92 Å². The lowest BCUT2D eigenvalue weighted by molar-refractivity contribution is 0.388. The highest BCUT2D eigenvalue weighted by molar-refractivity contribution is 6.17. The molecular weight excluding hydrogens is 222 g/mol. The lowest BCUT2D eigenvalue weighted by Crippen LogP contribution is -2.32. The summed E-state index contributed by atoms with van der Waals surface area (Å²) in [4.78, 5) is 0. The van der Waals surface area contributed by atoms with Gasteiger partial charge in [-0.25, -0.2) is 0 Å². The monoisotopic (exact) mass is 241 g/mol. The van der Waals surface area contributed by atoms with Gasteiger partial charge >= 0.3 is 0 Å². The number of hydrogen-bond acceptors (Lipinski definition) is 2. The van der Waals surface area contributed by atoms with Crippen LogP contribution in [0.3, 0.4) is 0 Å². The highest BCUT2D eigenvalue weighted by atomic mass is 35.5.